The van der Waals surface area contributed by atoms with Crippen LogP contribution in [0.5, 0.6) is 0 Å². The first-order valence-electron chi connectivity index (χ1n) is 11.7. The molecule has 2 atom stereocenters. The van der Waals surface area contributed by atoms with Gasteiger partial charge in [-0.25, -0.2) is 4.52 Å². The summed E-state index contributed by atoms with van der Waals surface area (Å²) < 4.78 is 1.79. The maximum Gasteiger partial charge on any atom is 0.217 e. The van der Waals surface area contributed by atoms with Gasteiger partial charge in [0.25, 0.3) is 0 Å². The molecule has 9 nitrogen and oxygen atoms in total. The van der Waals surface area contributed by atoms with E-state index >= 15 is 0 Å². The van der Waals surface area contributed by atoms with Crippen molar-refractivity contribution in [3.63, 3.8) is 0 Å². The van der Waals surface area contributed by atoms with Gasteiger partial charge >= 0.3 is 0 Å². The van der Waals surface area contributed by atoms with Gasteiger partial charge in [-0.1, -0.05) is 11.3 Å². The molecule has 1 aliphatic carbocycles. The number of anilines is 1. The van der Waals surface area contributed by atoms with E-state index in [0.717, 1.165) is 57.4 Å². The molecule has 2 N–H and O–H groups in total. The third kappa shape index (κ3) is 4.72. The quantitative estimate of drug-likeness (QED) is 0.415. The fourth-order valence-corrected chi connectivity index (χ4v) is 5.60. The minimum atomic E-state index is 0.0145. The second kappa shape index (κ2) is 9.43. The molecule has 5 rings (SSSR count). The van der Waals surface area contributed by atoms with Crippen molar-refractivity contribution in [2.24, 2.45) is 0 Å². The number of hydrogen-bond donors (Lipinski definition) is 2. The number of pyridine rings is 1. The third-order valence-corrected chi connectivity index (χ3v) is 7.22. The van der Waals surface area contributed by atoms with Gasteiger partial charge in [0.15, 0.2) is 5.01 Å². The van der Waals surface area contributed by atoms with Gasteiger partial charge in [-0.05, 0) is 57.4 Å². The number of rotatable bonds is 6. The minimum Gasteiger partial charge on any atom is -0.382 e. The maximum absolute atomic E-state index is 11.4. The van der Waals surface area contributed by atoms with E-state index in [-0.39, 0.29) is 18.0 Å². The highest BCUT2D eigenvalue weighted by molar-refractivity contribution is 7.14. The number of fused-ring (bicyclic) bond motifs is 1. The number of nitrogens with zero attached hydrogens (tertiary/aromatic N) is 6. The Labute approximate surface area is 207 Å². The summed E-state index contributed by atoms with van der Waals surface area (Å²) in [7, 11) is 0. The van der Waals surface area contributed by atoms with Gasteiger partial charge in [0.05, 0.1) is 34.2 Å². The Bertz CT molecular complexity index is 1430. The lowest BCUT2D eigenvalue weighted by Gasteiger charge is -2.14. The fraction of sp³-hybridized carbons (Fsp3) is 0.360. The molecule has 4 aromatic heterocycles. The van der Waals surface area contributed by atoms with E-state index in [1.165, 1.54) is 0 Å². The molecule has 4 aromatic rings. The minimum absolute atomic E-state index is 0.0145. The normalized spacial score (nSPS) is 17.6. The number of amides is 1. The van der Waals surface area contributed by atoms with Crippen molar-refractivity contribution in [2.45, 2.75) is 58.0 Å². The van der Waals surface area contributed by atoms with E-state index in [9.17, 15) is 4.79 Å². The zero-order chi connectivity index (χ0) is 24.5. The van der Waals surface area contributed by atoms with Crippen LogP contribution < -0.4 is 10.6 Å². The Morgan fingerprint density at radius 2 is 2.09 bits per heavy atom. The molecular formula is C25H26N8OS. The van der Waals surface area contributed by atoms with E-state index in [0.29, 0.717) is 11.5 Å². The molecule has 10 heteroatoms. The van der Waals surface area contributed by atoms with Crippen LogP contribution in [0, 0.1) is 11.3 Å². The topological polar surface area (TPSA) is 121 Å². The van der Waals surface area contributed by atoms with Gasteiger partial charge in [0.1, 0.15) is 11.1 Å². The summed E-state index contributed by atoms with van der Waals surface area (Å²) in [5.41, 5.74) is 4.81. The summed E-state index contributed by atoms with van der Waals surface area (Å²) >= 11 is 1.59. The predicted octanol–water partition coefficient (Wildman–Crippen LogP) is 4.38. The summed E-state index contributed by atoms with van der Waals surface area (Å²) in [5, 5.41) is 30.9. The highest BCUT2D eigenvalue weighted by atomic mass is 32.1. The van der Waals surface area contributed by atoms with Crippen LogP contribution in [0.15, 0.2) is 36.7 Å². The average molecular weight is 487 g/mol. The molecule has 1 aliphatic rings. The number of hydrogen-bond acceptors (Lipinski definition) is 8. The van der Waals surface area contributed by atoms with Gasteiger partial charge in [-0.3, -0.25) is 9.78 Å². The van der Waals surface area contributed by atoms with Gasteiger partial charge in [-0.15, -0.1) is 10.2 Å². The SMILES string of the molecule is CC(=O)N[C@@H]1CC[C@H](c2nnc(-c3cnc(-c4ccc5cc(C#N)cnn45)cc3NC(C)C)s2)C1. The molecule has 0 bridgehead atoms. The molecule has 0 saturated heterocycles. The van der Waals surface area contributed by atoms with Gasteiger partial charge < -0.3 is 10.6 Å². The second-order valence-electron chi connectivity index (χ2n) is 9.18. The molecule has 0 unspecified atom stereocenters. The van der Waals surface area contributed by atoms with Crippen molar-refractivity contribution in [3.8, 4) is 28.0 Å². The van der Waals surface area contributed by atoms with Crippen LogP contribution in [0.4, 0.5) is 5.69 Å². The predicted molar refractivity (Wildman–Crippen MR) is 135 cm³/mol. The van der Waals surface area contributed by atoms with Crippen molar-refractivity contribution in [3.05, 3.63) is 47.2 Å². The summed E-state index contributed by atoms with van der Waals surface area (Å²) in [5.74, 6) is 0.323. The zero-order valence-electron chi connectivity index (χ0n) is 19.8. The van der Waals surface area contributed by atoms with Gasteiger partial charge in [0.2, 0.25) is 5.91 Å². The standard InChI is InChI=1S/C25H26N8OS/c1-14(2)29-21-10-22(23-7-6-19-8-16(11-26)12-28-33(19)23)27-13-20(21)25-32-31-24(35-25)17-4-5-18(9-17)30-15(3)34/h6-8,10,12-14,17-18H,4-5,9H2,1-3H3,(H,27,29)(H,30,34)/t17-,18+/m0/s1. The number of carbonyl (C=O) groups is 1. The molecule has 178 valence electrons. The summed E-state index contributed by atoms with van der Waals surface area (Å²) in [4.78, 5) is 16.1. The summed E-state index contributed by atoms with van der Waals surface area (Å²) in [6.07, 6.45) is 6.24. The Kier molecular flexibility index (Phi) is 6.17. The van der Waals surface area contributed by atoms with E-state index < -0.39 is 0 Å². The Balaban J connectivity index is 1.46. The van der Waals surface area contributed by atoms with Crippen molar-refractivity contribution >= 4 is 28.4 Å². The summed E-state index contributed by atoms with van der Waals surface area (Å²) in [6.45, 7) is 5.74. The van der Waals surface area contributed by atoms with Crippen molar-refractivity contribution in [1.82, 2.24) is 30.1 Å². The van der Waals surface area contributed by atoms with E-state index in [2.05, 4.69) is 45.8 Å². The molecule has 0 spiro atoms. The number of nitriles is 1. The number of aromatic nitrogens is 5. The molecule has 4 heterocycles. The molecule has 1 amide bonds. The molecule has 35 heavy (non-hydrogen) atoms. The fourth-order valence-electron chi connectivity index (χ4n) is 4.58. The van der Waals surface area contributed by atoms with Crippen LogP contribution in [0.1, 0.15) is 56.5 Å². The maximum atomic E-state index is 11.4. The molecule has 1 saturated carbocycles. The summed E-state index contributed by atoms with van der Waals surface area (Å²) in [6, 6.07) is 10.3. The van der Waals surface area contributed by atoms with Crippen LogP contribution in [0.25, 0.3) is 27.5 Å². The highest BCUT2D eigenvalue weighted by Crippen LogP contribution is 2.40. The highest BCUT2D eigenvalue weighted by Gasteiger charge is 2.29. The first-order valence-corrected chi connectivity index (χ1v) is 12.5. The van der Waals surface area contributed by atoms with E-state index in [1.54, 1.807) is 35.0 Å². The molecule has 1 fully saturated rings. The van der Waals surface area contributed by atoms with Crippen molar-refractivity contribution < 1.29 is 4.79 Å². The number of carbonyl (C=O) groups excluding carboxylic acids is 1. The molecule has 0 aliphatic heterocycles. The second-order valence-corrected chi connectivity index (χ2v) is 10.2. The van der Waals surface area contributed by atoms with Crippen LogP contribution in [-0.4, -0.2) is 42.8 Å². The monoisotopic (exact) mass is 486 g/mol. The van der Waals surface area contributed by atoms with Crippen LogP contribution in [0.3, 0.4) is 0 Å². The molecular weight excluding hydrogens is 460 g/mol. The number of nitrogens with one attached hydrogen (secondary N) is 2. The largest absolute Gasteiger partial charge is 0.382 e. The lowest BCUT2D eigenvalue weighted by Crippen LogP contribution is -2.30. The lowest BCUT2D eigenvalue weighted by molar-refractivity contribution is -0.119. The van der Waals surface area contributed by atoms with Crippen molar-refractivity contribution in [2.75, 3.05) is 5.32 Å². The third-order valence-electron chi connectivity index (χ3n) is 6.10. The van der Waals surface area contributed by atoms with E-state index in [4.69, 9.17) is 10.2 Å². The average Bonchev–Trinajstić information content (AvgIpc) is 3.57. The Hall–Kier alpha value is -3.84. The molecule has 0 aromatic carbocycles. The van der Waals surface area contributed by atoms with E-state index in [1.807, 2.05) is 24.4 Å². The smallest absolute Gasteiger partial charge is 0.217 e. The Morgan fingerprint density at radius 1 is 1.23 bits per heavy atom. The lowest BCUT2D eigenvalue weighted by atomic mass is 10.1. The van der Waals surface area contributed by atoms with Gasteiger partial charge in [0, 0.05) is 36.8 Å². The van der Waals surface area contributed by atoms with Crippen LogP contribution in [0.2, 0.25) is 0 Å². The van der Waals surface area contributed by atoms with Crippen LogP contribution >= 0.6 is 11.3 Å². The van der Waals surface area contributed by atoms with Gasteiger partial charge in [-0.2, -0.15) is 10.4 Å². The first-order chi connectivity index (χ1) is 16.9. The van der Waals surface area contributed by atoms with Crippen molar-refractivity contribution in [1.29, 1.82) is 5.26 Å². The van der Waals surface area contributed by atoms with Crippen LogP contribution in [-0.2, 0) is 4.79 Å². The zero-order valence-corrected chi connectivity index (χ0v) is 20.6. The molecule has 0 radical (unpaired) electrons. The first kappa shape index (κ1) is 22.9. The Morgan fingerprint density at radius 3 is 2.86 bits per heavy atom.